The van der Waals surface area contributed by atoms with Crippen molar-refractivity contribution in [3.63, 3.8) is 0 Å². The van der Waals surface area contributed by atoms with E-state index in [2.05, 4.69) is 20.3 Å². The van der Waals surface area contributed by atoms with Crippen molar-refractivity contribution in [2.24, 2.45) is 5.92 Å². The Bertz CT molecular complexity index is 1100. The number of ether oxygens (including phenoxy) is 1. The van der Waals surface area contributed by atoms with E-state index < -0.39 is 24.7 Å². The maximum atomic E-state index is 12.6. The molecule has 0 aliphatic carbocycles. The van der Waals surface area contributed by atoms with E-state index in [1.165, 1.54) is 6.20 Å². The second kappa shape index (κ2) is 10.1. The minimum atomic E-state index is -4.47. The van der Waals surface area contributed by atoms with E-state index in [9.17, 15) is 18.0 Å². The van der Waals surface area contributed by atoms with Crippen LogP contribution in [0.2, 0.25) is 0 Å². The molecule has 3 N–H and O–H groups in total. The van der Waals surface area contributed by atoms with Crippen molar-refractivity contribution in [2.75, 3.05) is 11.9 Å². The van der Waals surface area contributed by atoms with Gasteiger partial charge in [0.2, 0.25) is 5.91 Å². The SMILES string of the molecule is CC[C@H](C)[C@@H](Nc1cncc(-c2c[nH]c3ncc(OC(C)C)cc23)c1)C(=O)NCC(F)(F)F. The first-order chi connectivity index (χ1) is 15.6. The van der Waals surface area contributed by atoms with Gasteiger partial charge in [0.15, 0.2) is 0 Å². The summed E-state index contributed by atoms with van der Waals surface area (Å²) in [5.41, 5.74) is 2.80. The fourth-order valence-corrected chi connectivity index (χ4v) is 3.40. The maximum absolute atomic E-state index is 12.6. The molecule has 33 heavy (non-hydrogen) atoms. The van der Waals surface area contributed by atoms with Crippen molar-refractivity contribution in [2.45, 2.75) is 52.4 Å². The van der Waals surface area contributed by atoms with Gasteiger partial charge in [-0.15, -0.1) is 0 Å². The second-order valence-corrected chi connectivity index (χ2v) is 8.24. The van der Waals surface area contributed by atoms with E-state index in [0.717, 1.165) is 16.5 Å². The Labute approximate surface area is 190 Å². The van der Waals surface area contributed by atoms with E-state index in [1.807, 2.05) is 39.1 Å². The van der Waals surface area contributed by atoms with Gasteiger partial charge in [0.25, 0.3) is 0 Å². The lowest BCUT2D eigenvalue weighted by Crippen LogP contribution is -2.46. The van der Waals surface area contributed by atoms with Gasteiger partial charge in [-0.25, -0.2) is 4.98 Å². The number of hydrogen-bond donors (Lipinski definition) is 3. The van der Waals surface area contributed by atoms with E-state index in [-0.39, 0.29) is 12.0 Å². The van der Waals surface area contributed by atoms with Crippen LogP contribution in [0.3, 0.4) is 0 Å². The van der Waals surface area contributed by atoms with Crippen LogP contribution in [0.25, 0.3) is 22.2 Å². The van der Waals surface area contributed by atoms with Crippen LogP contribution in [0.15, 0.2) is 36.9 Å². The Hall–Kier alpha value is -3.30. The average Bonchev–Trinajstić information content (AvgIpc) is 3.18. The average molecular weight is 464 g/mol. The van der Waals surface area contributed by atoms with Crippen LogP contribution in [0.1, 0.15) is 34.1 Å². The number of aromatic amines is 1. The molecule has 2 atom stereocenters. The zero-order valence-electron chi connectivity index (χ0n) is 19.0. The molecule has 0 spiro atoms. The smallest absolute Gasteiger partial charge is 0.405 e. The number of carbonyl (C=O) groups is 1. The van der Waals surface area contributed by atoms with Gasteiger partial charge in [0.05, 0.1) is 18.0 Å². The summed E-state index contributed by atoms with van der Waals surface area (Å²) in [4.78, 5) is 24.3. The number of rotatable bonds is 9. The highest BCUT2D eigenvalue weighted by Crippen LogP contribution is 2.31. The molecule has 0 aromatic carbocycles. The molecule has 3 rings (SSSR count). The van der Waals surface area contributed by atoms with Gasteiger partial charge in [0, 0.05) is 35.1 Å². The summed E-state index contributed by atoms with van der Waals surface area (Å²) >= 11 is 0. The molecule has 0 aliphatic heterocycles. The zero-order chi connectivity index (χ0) is 24.2. The maximum Gasteiger partial charge on any atom is 0.405 e. The molecule has 0 saturated heterocycles. The minimum absolute atomic E-state index is 0.00168. The molecule has 0 bridgehead atoms. The third-order valence-electron chi connectivity index (χ3n) is 5.21. The molecule has 0 radical (unpaired) electrons. The lowest BCUT2D eigenvalue weighted by atomic mass is 9.98. The number of anilines is 1. The van der Waals surface area contributed by atoms with E-state index in [1.54, 1.807) is 24.7 Å². The lowest BCUT2D eigenvalue weighted by molar-refractivity contribution is -0.139. The molecule has 3 aromatic heterocycles. The quantitative estimate of drug-likeness (QED) is 0.419. The first kappa shape index (κ1) is 24.3. The number of nitrogens with zero attached hydrogens (tertiary/aromatic N) is 2. The van der Waals surface area contributed by atoms with Gasteiger partial charge in [-0.05, 0) is 31.9 Å². The summed E-state index contributed by atoms with van der Waals surface area (Å²) in [6.07, 6.45) is 2.80. The Morgan fingerprint density at radius 3 is 2.61 bits per heavy atom. The lowest BCUT2D eigenvalue weighted by Gasteiger charge is -2.25. The van der Waals surface area contributed by atoms with Crippen LogP contribution in [0.4, 0.5) is 18.9 Å². The predicted octanol–water partition coefficient (Wildman–Crippen LogP) is 4.92. The third kappa shape index (κ3) is 6.36. The zero-order valence-corrected chi connectivity index (χ0v) is 19.0. The van der Waals surface area contributed by atoms with Crippen molar-refractivity contribution >= 4 is 22.6 Å². The van der Waals surface area contributed by atoms with Gasteiger partial charge >= 0.3 is 6.18 Å². The molecule has 7 nitrogen and oxygen atoms in total. The van der Waals surface area contributed by atoms with E-state index in [0.29, 0.717) is 23.5 Å². The molecule has 0 unspecified atom stereocenters. The van der Waals surface area contributed by atoms with E-state index >= 15 is 0 Å². The largest absolute Gasteiger partial charge is 0.489 e. The Morgan fingerprint density at radius 1 is 1.18 bits per heavy atom. The number of aromatic nitrogens is 3. The number of nitrogens with one attached hydrogen (secondary N) is 3. The molecular formula is C23H28F3N5O2. The van der Waals surface area contributed by atoms with Crippen LogP contribution < -0.4 is 15.4 Å². The predicted molar refractivity (Wildman–Crippen MR) is 121 cm³/mol. The number of H-pyrrole nitrogens is 1. The summed E-state index contributed by atoms with van der Waals surface area (Å²) in [5, 5.41) is 5.87. The standard InChI is InChI=1S/C23H28F3N5O2/c1-5-14(4)20(22(32)30-12-23(24,25)26)31-16-6-15(8-27-9-16)19-11-29-21-18(19)7-17(10-28-21)33-13(2)3/h6-11,13-14,20,31H,5,12H2,1-4H3,(H,28,29)(H,30,32)/t14-,20+/m0/s1. The summed E-state index contributed by atoms with van der Waals surface area (Å²) in [6, 6.07) is 2.85. The first-order valence-corrected chi connectivity index (χ1v) is 10.8. The van der Waals surface area contributed by atoms with Crippen LogP contribution in [0.5, 0.6) is 5.75 Å². The van der Waals surface area contributed by atoms with Crippen LogP contribution in [-0.2, 0) is 4.79 Å². The van der Waals surface area contributed by atoms with Crippen molar-refractivity contribution in [1.82, 2.24) is 20.3 Å². The van der Waals surface area contributed by atoms with Gasteiger partial charge in [-0.3, -0.25) is 9.78 Å². The number of amides is 1. The normalized spacial score (nSPS) is 13.7. The third-order valence-corrected chi connectivity index (χ3v) is 5.21. The molecule has 178 valence electrons. The monoisotopic (exact) mass is 463 g/mol. The van der Waals surface area contributed by atoms with Crippen molar-refractivity contribution in [3.05, 3.63) is 36.9 Å². The fraction of sp³-hybridized carbons (Fsp3) is 0.435. The van der Waals surface area contributed by atoms with Gasteiger partial charge < -0.3 is 20.4 Å². The molecule has 3 aromatic rings. The van der Waals surface area contributed by atoms with Crippen molar-refractivity contribution in [3.8, 4) is 16.9 Å². The van der Waals surface area contributed by atoms with E-state index in [4.69, 9.17) is 4.74 Å². The van der Waals surface area contributed by atoms with Gasteiger partial charge in [0.1, 0.15) is 24.0 Å². The number of alkyl halides is 3. The second-order valence-electron chi connectivity index (χ2n) is 8.24. The van der Waals surface area contributed by atoms with Crippen LogP contribution in [0, 0.1) is 5.92 Å². The molecule has 0 saturated carbocycles. The van der Waals surface area contributed by atoms with Gasteiger partial charge in [-0.1, -0.05) is 20.3 Å². The van der Waals surface area contributed by atoms with Crippen molar-refractivity contribution in [1.29, 1.82) is 0 Å². The van der Waals surface area contributed by atoms with Gasteiger partial charge in [-0.2, -0.15) is 13.2 Å². The summed E-state index contributed by atoms with van der Waals surface area (Å²) < 4.78 is 43.4. The Kier molecular flexibility index (Phi) is 7.45. The van der Waals surface area contributed by atoms with Crippen molar-refractivity contribution < 1.29 is 22.7 Å². The fourth-order valence-electron chi connectivity index (χ4n) is 3.40. The number of halogens is 3. The van der Waals surface area contributed by atoms with Crippen LogP contribution in [-0.4, -0.2) is 45.7 Å². The highest BCUT2D eigenvalue weighted by molar-refractivity contribution is 5.94. The molecule has 1 amide bonds. The molecule has 10 heteroatoms. The highest BCUT2D eigenvalue weighted by atomic mass is 19.4. The Balaban J connectivity index is 1.87. The summed E-state index contributed by atoms with van der Waals surface area (Å²) in [6.45, 7) is 6.17. The number of carbonyl (C=O) groups excluding carboxylic acids is 1. The first-order valence-electron chi connectivity index (χ1n) is 10.8. The highest BCUT2D eigenvalue weighted by Gasteiger charge is 2.31. The summed E-state index contributed by atoms with van der Waals surface area (Å²) in [7, 11) is 0. The Morgan fingerprint density at radius 2 is 1.94 bits per heavy atom. The molecule has 0 aliphatic rings. The minimum Gasteiger partial charge on any atom is -0.489 e. The summed E-state index contributed by atoms with van der Waals surface area (Å²) in [5.74, 6) is -0.271. The number of pyridine rings is 2. The molecule has 3 heterocycles. The topological polar surface area (TPSA) is 91.9 Å². The molecule has 0 fully saturated rings. The number of fused-ring (bicyclic) bond motifs is 1. The molecular weight excluding hydrogens is 435 g/mol. The van der Waals surface area contributed by atoms with Crippen LogP contribution >= 0.6 is 0 Å². The number of hydrogen-bond acceptors (Lipinski definition) is 5.